The molecule has 0 unspecified atom stereocenters. The van der Waals surface area contributed by atoms with E-state index in [1.165, 1.54) is 7.11 Å². The van der Waals surface area contributed by atoms with Crippen molar-refractivity contribution < 1.29 is 14.3 Å². The van der Waals surface area contributed by atoms with E-state index in [0.717, 1.165) is 0 Å². The maximum atomic E-state index is 12.6. The van der Waals surface area contributed by atoms with Crippen LogP contribution in [0.2, 0.25) is 10.0 Å². The third-order valence-corrected chi connectivity index (χ3v) is 3.69. The van der Waals surface area contributed by atoms with Gasteiger partial charge in [0.05, 0.1) is 17.2 Å². The van der Waals surface area contributed by atoms with Crippen molar-refractivity contribution in [2.45, 2.75) is 6.42 Å². The molecule has 108 valence electrons. The normalized spacial score (nSPS) is 15.6. The monoisotopic (exact) mass is 316 g/mol. The van der Waals surface area contributed by atoms with E-state index in [-0.39, 0.29) is 34.6 Å². The largest absolute Gasteiger partial charge is 0.494 e. The third kappa shape index (κ3) is 2.99. The topological polar surface area (TPSA) is 58.6 Å². The Hall–Kier alpha value is -1.46. The molecule has 5 nitrogen and oxygen atoms in total. The number of nitrogens with one attached hydrogen (secondary N) is 1. The maximum Gasteiger partial charge on any atom is 0.259 e. The zero-order chi connectivity index (χ0) is 14.7. The number of methoxy groups -OCH3 is 1. The molecule has 2 amide bonds. The molecule has 2 rings (SSSR count). The summed E-state index contributed by atoms with van der Waals surface area (Å²) >= 11 is 12.1. The molecule has 1 heterocycles. The molecule has 1 aromatic carbocycles. The standard InChI is InChI=1S/C13H14Cl2N2O3/c1-20-12-9(15)3-2-8(14)11(12)13(19)17-6-4-10(18)16-5-7-17/h2-3H,4-7H2,1H3,(H,16,18). The average Bonchev–Trinajstić information content (AvgIpc) is 2.65. The fraction of sp³-hybridized carbons (Fsp3) is 0.385. The summed E-state index contributed by atoms with van der Waals surface area (Å²) in [4.78, 5) is 25.5. The Morgan fingerprint density at radius 2 is 2.00 bits per heavy atom. The van der Waals surface area contributed by atoms with Gasteiger partial charge in [0.1, 0.15) is 5.56 Å². The van der Waals surface area contributed by atoms with Gasteiger partial charge in [0.25, 0.3) is 5.91 Å². The van der Waals surface area contributed by atoms with E-state index >= 15 is 0 Å². The van der Waals surface area contributed by atoms with Gasteiger partial charge in [0.2, 0.25) is 5.91 Å². The SMILES string of the molecule is COc1c(Cl)ccc(Cl)c1C(=O)N1CCNC(=O)CC1. The van der Waals surface area contributed by atoms with Crippen LogP contribution in [0.3, 0.4) is 0 Å². The average molecular weight is 317 g/mol. The molecule has 1 fully saturated rings. The van der Waals surface area contributed by atoms with Crippen LogP contribution >= 0.6 is 23.2 Å². The molecule has 1 saturated heterocycles. The van der Waals surface area contributed by atoms with E-state index in [2.05, 4.69) is 5.32 Å². The number of benzene rings is 1. The van der Waals surface area contributed by atoms with Crippen molar-refractivity contribution >= 4 is 35.0 Å². The Morgan fingerprint density at radius 1 is 1.30 bits per heavy atom. The Kier molecular flexibility index (Phi) is 4.73. The highest BCUT2D eigenvalue weighted by molar-refractivity contribution is 6.37. The maximum absolute atomic E-state index is 12.6. The van der Waals surface area contributed by atoms with E-state index in [1.807, 2.05) is 0 Å². The summed E-state index contributed by atoms with van der Waals surface area (Å²) < 4.78 is 5.17. The number of amides is 2. The second-order valence-corrected chi connectivity index (χ2v) is 5.14. The van der Waals surface area contributed by atoms with Crippen LogP contribution in [0.5, 0.6) is 5.75 Å². The van der Waals surface area contributed by atoms with Gasteiger partial charge in [0.15, 0.2) is 5.75 Å². The smallest absolute Gasteiger partial charge is 0.259 e. The minimum Gasteiger partial charge on any atom is -0.494 e. The molecule has 0 bridgehead atoms. The van der Waals surface area contributed by atoms with E-state index in [4.69, 9.17) is 27.9 Å². The van der Waals surface area contributed by atoms with Gasteiger partial charge in [-0.05, 0) is 12.1 Å². The number of hydrogen-bond acceptors (Lipinski definition) is 3. The first kappa shape index (κ1) is 14.9. The zero-order valence-electron chi connectivity index (χ0n) is 10.9. The van der Waals surface area contributed by atoms with Crippen LogP contribution in [0.1, 0.15) is 16.8 Å². The van der Waals surface area contributed by atoms with Gasteiger partial charge in [-0.1, -0.05) is 23.2 Å². The number of carbonyl (C=O) groups is 2. The first-order chi connectivity index (χ1) is 9.54. The van der Waals surface area contributed by atoms with E-state index < -0.39 is 0 Å². The van der Waals surface area contributed by atoms with Gasteiger partial charge in [0, 0.05) is 26.1 Å². The van der Waals surface area contributed by atoms with Crippen molar-refractivity contribution in [2.75, 3.05) is 26.7 Å². The van der Waals surface area contributed by atoms with Crippen molar-refractivity contribution in [2.24, 2.45) is 0 Å². The molecule has 0 radical (unpaired) electrons. The van der Waals surface area contributed by atoms with Crippen LogP contribution in [0, 0.1) is 0 Å². The molecule has 1 aromatic rings. The van der Waals surface area contributed by atoms with E-state index in [0.29, 0.717) is 24.7 Å². The molecule has 7 heteroatoms. The van der Waals surface area contributed by atoms with Crippen molar-refractivity contribution in [1.29, 1.82) is 0 Å². The molecular formula is C13H14Cl2N2O3. The van der Waals surface area contributed by atoms with E-state index in [9.17, 15) is 9.59 Å². The Balaban J connectivity index is 2.33. The number of hydrogen-bond donors (Lipinski definition) is 1. The summed E-state index contributed by atoms with van der Waals surface area (Å²) in [7, 11) is 1.43. The van der Waals surface area contributed by atoms with Crippen LogP contribution in [-0.2, 0) is 4.79 Å². The quantitative estimate of drug-likeness (QED) is 0.907. The highest BCUT2D eigenvalue weighted by Crippen LogP contribution is 2.34. The molecular weight excluding hydrogens is 303 g/mol. The minimum absolute atomic E-state index is 0.0653. The summed E-state index contributed by atoms with van der Waals surface area (Å²) in [6.07, 6.45) is 0.270. The molecule has 0 atom stereocenters. The van der Waals surface area contributed by atoms with Gasteiger partial charge < -0.3 is 15.0 Å². The molecule has 0 saturated carbocycles. The summed E-state index contributed by atoms with van der Waals surface area (Å²) in [6.45, 7) is 1.19. The first-order valence-electron chi connectivity index (χ1n) is 6.12. The number of halogens is 2. The molecule has 0 spiro atoms. The van der Waals surface area contributed by atoms with Crippen molar-refractivity contribution in [3.05, 3.63) is 27.7 Å². The predicted molar refractivity (Wildman–Crippen MR) is 76.5 cm³/mol. The highest BCUT2D eigenvalue weighted by Gasteiger charge is 2.26. The van der Waals surface area contributed by atoms with Gasteiger partial charge in [-0.25, -0.2) is 0 Å². The number of carbonyl (C=O) groups excluding carboxylic acids is 2. The van der Waals surface area contributed by atoms with Crippen LogP contribution in [-0.4, -0.2) is 43.5 Å². The number of ether oxygens (including phenoxy) is 1. The summed E-state index contributed by atoms with van der Waals surface area (Å²) in [6, 6.07) is 3.13. The second-order valence-electron chi connectivity index (χ2n) is 4.33. The predicted octanol–water partition coefficient (Wildman–Crippen LogP) is 1.96. The Labute approximate surface area is 126 Å². The molecule has 1 N–H and O–H groups in total. The lowest BCUT2D eigenvalue weighted by Crippen LogP contribution is -2.34. The lowest BCUT2D eigenvalue weighted by atomic mass is 10.1. The lowest BCUT2D eigenvalue weighted by molar-refractivity contribution is -0.120. The van der Waals surface area contributed by atoms with Crippen molar-refractivity contribution in [3.63, 3.8) is 0 Å². The van der Waals surface area contributed by atoms with Crippen LogP contribution in [0.25, 0.3) is 0 Å². The molecule has 1 aliphatic rings. The first-order valence-corrected chi connectivity index (χ1v) is 6.88. The van der Waals surface area contributed by atoms with Crippen molar-refractivity contribution in [3.8, 4) is 5.75 Å². The van der Waals surface area contributed by atoms with Gasteiger partial charge in [-0.3, -0.25) is 9.59 Å². The minimum atomic E-state index is -0.286. The molecule has 0 aromatic heterocycles. The number of nitrogens with zero attached hydrogens (tertiary/aromatic N) is 1. The van der Waals surface area contributed by atoms with Gasteiger partial charge in [-0.2, -0.15) is 0 Å². The third-order valence-electron chi connectivity index (χ3n) is 3.08. The molecule has 20 heavy (non-hydrogen) atoms. The lowest BCUT2D eigenvalue weighted by Gasteiger charge is -2.21. The van der Waals surface area contributed by atoms with Crippen LogP contribution in [0.4, 0.5) is 0 Å². The van der Waals surface area contributed by atoms with Gasteiger partial charge in [-0.15, -0.1) is 0 Å². The fourth-order valence-electron chi connectivity index (χ4n) is 2.06. The fourth-order valence-corrected chi connectivity index (χ4v) is 2.52. The summed E-state index contributed by atoms with van der Waals surface area (Å²) in [5.74, 6) is -0.0944. The Bertz CT molecular complexity index is 549. The molecule has 1 aliphatic heterocycles. The van der Waals surface area contributed by atoms with Crippen LogP contribution < -0.4 is 10.1 Å². The number of rotatable bonds is 2. The van der Waals surface area contributed by atoms with E-state index in [1.54, 1.807) is 17.0 Å². The molecule has 0 aliphatic carbocycles. The summed E-state index contributed by atoms with van der Waals surface area (Å²) in [5, 5.41) is 3.31. The second kappa shape index (κ2) is 6.33. The zero-order valence-corrected chi connectivity index (χ0v) is 12.4. The van der Waals surface area contributed by atoms with Gasteiger partial charge >= 0.3 is 0 Å². The highest BCUT2D eigenvalue weighted by atomic mass is 35.5. The summed E-state index contributed by atoms with van der Waals surface area (Å²) in [5.41, 5.74) is 0.232. The van der Waals surface area contributed by atoms with Crippen molar-refractivity contribution in [1.82, 2.24) is 10.2 Å². The van der Waals surface area contributed by atoms with Crippen LogP contribution in [0.15, 0.2) is 12.1 Å². The Morgan fingerprint density at radius 3 is 2.70 bits per heavy atom.